The minimum absolute atomic E-state index is 0.0760. The quantitative estimate of drug-likeness (QED) is 0.850. The molecule has 7 heteroatoms. The summed E-state index contributed by atoms with van der Waals surface area (Å²) in [5.74, 6) is 0.280. The van der Waals surface area contributed by atoms with Gasteiger partial charge in [0.1, 0.15) is 13.2 Å². The number of amides is 1. The van der Waals surface area contributed by atoms with Crippen LogP contribution in [0.1, 0.15) is 23.2 Å². The van der Waals surface area contributed by atoms with E-state index >= 15 is 0 Å². The second-order valence-electron chi connectivity index (χ2n) is 6.64. The van der Waals surface area contributed by atoms with Gasteiger partial charge in [0.15, 0.2) is 11.5 Å². The number of hydrogen-bond donors (Lipinski definition) is 1. The van der Waals surface area contributed by atoms with Gasteiger partial charge >= 0.3 is 5.97 Å². The maximum absolute atomic E-state index is 12.9. The Morgan fingerprint density at radius 1 is 1.17 bits per heavy atom. The molecule has 1 saturated carbocycles. The standard InChI is InChI=1S/C17H18BrNO5/c18-13-5-10(6-14-15(13)24-4-3-23-14)16(20)19-7-11(9-1-2-9)12(8-19)17(21)22/h5-6,9,11-12H,1-4,7-8H2,(H,21,22)/t11-,12+/m1/s1. The van der Waals surface area contributed by atoms with E-state index in [-0.39, 0.29) is 18.4 Å². The molecule has 1 aromatic carbocycles. The number of carboxylic acids is 1. The number of ether oxygens (including phenoxy) is 2. The molecule has 2 aliphatic heterocycles. The Bertz CT molecular complexity index is 702. The van der Waals surface area contributed by atoms with Gasteiger partial charge in [-0.3, -0.25) is 9.59 Å². The van der Waals surface area contributed by atoms with E-state index in [0.29, 0.717) is 47.2 Å². The first kappa shape index (κ1) is 15.7. The molecule has 0 unspecified atom stereocenters. The molecule has 1 saturated heterocycles. The fraction of sp³-hybridized carbons (Fsp3) is 0.529. The summed E-state index contributed by atoms with van der Waals surface area (Å²) in [6.07, 6.45) is 2.15. The summed E-state index contributed by atoms with van der Waals surface area (Å²) in [6.45, 7) is 1.73. The largest absolute Gasteiger partial charge is 0.486 e. The van der Waals surface area contributed by atoms with Crippen LogP contribution in [0, 0.1) is 17.8 Å². The Morgan fingerprint density at radius 2 is 1.92 bits per heavy atom. The van der Waals surface area contributed by atoms with Crippen molar-refractivity contribution in [2.24, 2.45) is 17.8 Å². The Hall–Kier alpha value is -1.76. The fourth-order valence-electron chi connectivity index (χ4n) is 3.68. The lowest BCUT2D eigenvalue weighted by Crippen LogP contribution is -2.30. The number of halogens is 1. The first-order valence-corrected chi connectivity index (χ1v) is 8.95. The number of carbonyl (C=O) groups is 2. The molecule has 0 bridgehead atoms. The van der Waals surface area contributed by atoms with Gasteiger partial charge in [0.25, 0.3) is 5.91 Å². The van der Waals surface area contributed by atoms with Gasteiger partial charge in [-0.2, -0.15) is 0 Å². The van der Waals surface area contributed by atoms with E-state index in [1.54, 1.807) is 17.0 Å². The molecule has 1 amide bonds. The molecule has 6 nitrogen and oxygen atoms in total. The third-order valence-corrected chi connectivity index (χ3v) is 5.63. The van der Waals surface area contributed by atoms with E-state index < -0.39 is 11.9 Å². The van der Waals surface area contributed by atoms with Gasteiger partial charge in [-0.15, -0.1) is 0 Å². The smallest absolute Gasteiger partial charge is 0.308 e. The number of nitrogens with zero attached hydrogens (tertiary/aromatic N) is 1. The second-order valence-corrected chi connectivity index (χ2v) is 7.49. The summed E-state index contributed by atoms with van der Waals surface area (Å²) in [4.78, 5) is 26.0. The second kappa shape index (κ2) is 5.95. The van der Waals surface area contributed by atoms with Gasteiger partial charge < -0.3 is 19.5 Å². The lowest BCUT2D eigenvalue weighted by Gasteiger charge is -2.22. The molecule has 24 heavy (non-hydrogen) atoms. The topological polar surface area (TPSA) is 76.1 Å². The zero-order chi connectivity index (χ0) is 16.8. The van der Waals surface area contributed by atoms with Gasteiger partial charge in [0.05, 0.1) is 10.4 Å². The van der Waals surface area contributed by atoms with Crippen molar-refractivity contribution < 1.29 is 24.2 Å². The van der Waals surface area contributed by atoms with E-state index in [1.165, 1.54) is 0 Å². The lowest BCUT2D eigenvalue weighted by atomic mass is 9.92. The molecule has 4 rings (SSSR count). The third kappa shape index (κ3) is 2.75. The Morgan fingerprint density at radius 3 is 2.62 bits per heavy atom. The predicted molar refractivity (Wildman–Crippen MR) is 88.4 cm³/mol. The molecule has 0 spiro atoms. The monoisotopic (exact) mass is 395 g/mol. The van der Waals surface area contributed by atoms with E-state index in [1.807, 2.05) is 0 Å². The number of carboxylic acid groups (broad SMARTS) is 1. The number of carbonyl (C=O) groups excluding carboxylic acids is 1. The molecule has 1 N–H and O–H groups in total. The van der Waals surface area contributed by atoms with Gasteiger partial charge in [0.2, 0.25) is 0 Å². The number of benzene rings is 1. The number of rotatable bonds is 3. The summed E-state index contributed by atoms with van der Waals surface area (Å²) in [7, 11) is 0. The molecular weight excluding hydrogens is 378 g/mol. The highest BCUT2D eigenvalue weighted by molar-refractivity contribution is 9.10. The number of fused-ring (bicyclic) bond motifs is 1. The maximum atomic E-state index is 12.9. The summed E-state index contributed by atoms with van der Waals surface area (Å²) in [5, 5.41) is 9.45. The zero-order valence-corrected chi connectivity index (χ0v) is 14.6. The van der Waals surface area contributed by atoms with Crippen molar-refractivity contribution >= 4 is 27.8 Å². The van der Waals surface area contributed by atoms with Crippen LogP contribution in [0.25, 0.3) is 0 Å². The molecule has 2 atom stereocenters. The Kier molecular flexibility index (Phi) is 3.90. The summed E-state index contributed by atoms with van der Waals surface area (Å²) in [5.41, 5.74) is 0.492. The van der Waals surface area contributed by atoms with Gasteiger partial charge in [-0.05, 0) is 52.7 Å². The van der Waals surface area contributed by atoms with Crippen molar-refractivity contribution in [2.75, 3.05) is 26.3 Å². The molecule has 3 aliphatic rings. The minimum Gasteiger partial charge on any atom is -0.486 e. The summed E-state index contributed by atoms with van der Waals surface area (Å²) < 4.78 is 11.8. The number of likely N-dealkylation sites (tertiary alicyclic amines) is 1. The van der Waals surface area contributed by atoms with Crippen LogP contribution in [-0.4, -0.2) is 48.2 Å². The van der Waals surface area contributed by atoms with Crippen LogP contribution in [0.15, 0.2) is 16.6 Å². The predicted octanol–water partition coefficient (Wildman–Crippen LogP) is 2.40. The van der Waals surface area contributed by atoms with Crippen LogP contribution in [0.5, 0.6) is 11.5 Å². The van der Waals surface area contributed by atoms with Crippen molar-refractivity contribution in [2.45, 2.75) is 12.8 Å². The zero-order valence-electron chi connectivity index (χ0n) is 13.0. The van der Waals surface area contributed by atoms with Crippen molar-refractivity contribution in [3.05, 3.63) is 22.2 Å². The average Bonchev–Trinajstić information content (AvgIpc) is 3.32. The van der Waals surface area contributed by atoms with E-state index in [4.69, 9.17) is 9.47 Å². The van der Waals surface area contributed by atoms with Crippen LogP contribution in [0.2, 0.25) is 0 Å². The SMILES string of the molecule is O=C(O)[C@H]1CN(C(=O)c2cc(Br)c3c(c2)OCCO3)C[C@@H]1C1CC1. The molecule has 1 aliphatic carbocycles. The highest BCUT2D eigenvalue weighted by Crippen LogP contribution is 2.45. The Balaban J connectivity index is 1.58. The van der Waals surface area contributed by atoms with E-state index in [2.05, 4.69) is 15.9 Å². The van der Waals surface area contributed by atoms with Crippen molar-refractivity contribution in [3.8, 4) is 11.5 Å². The number of hydrogen-bond acceptors (Lipinski definition) is 4. The van der Waals surface area contributed by atoms with Gasteiger partial charge in [-0.1, -0.05) is 0 Å². The normalized spacial score (nSPS) is 25.6. The van der Waals surface area contributed by atoms with E-state index in [0.717, 1.165) is 12.8 Å². The first-order chi connectivity index (χ1) is 11.5. The molecule has 128 valence electrons. The first-order valence-electron chi connectivity index (χ1n) is 8.16. The van der Waals surface area contributed by atoms with Crippen LogP contribution in [0.4, 0.5) is 0 Å². The van der Waals surface area contributed by atoms with Crippen LogP contribution in [0.3, 0.4) is 0 Å². The average molecular weight is 396 g/mol. The molecule has 1 aromatic rings. The lowest BCUT2D eigenvalue weighted by molar-refractivity contribution is -0.142. The fourth-order valence-corrected chi connectivity index (χ4v) is 4.23. The van der Waals surface area contributed by atoms with Gasteiger partial charge in [0, 0.05) is 18.7 Å². The Labute approximate surface area is 147 Å². The highest BCUT2D eigenvalue weighted by Gasteiger charge is 2.47. The minimum atomic E-state index is -0.800. The summed E-state index contributed by atoms with van der Waals surface area (Å²) in [6, 6.07) is 3.40. The molecular formula is C17H18BrNO5. The molecule has 2 heterocycles. The molecule has 0 aromatic heterocycles. The van der Waals surface area contributed by atoms with Crippen molar-refractivity contribution in [3.63, 3.8) is 0 Å². The van der Waals surface area contributed by atoms with E-state index in [9.17, 15) is 14.7 Å². The third-order valence-electron chi connectivity index (χ3n) is 5.04. The van der Waals surface area contributed by atoms with Crippen LogP contribution < -0.4 is 9.47 Å². The van der Waals surface area contributed by atoms with Crippen LogP contribution >= 0.6 is 15.9 Å². The van der Waals surface area contributed by atoms with Crippen molar-refractivity contribution in [1.82, 2.24) is 4.90 Å². The summed E-state index contributed by atoms with van der Waals surface area (Å²) >= 11 is 3.42. The maximum Gasteiger partial charge on any atom is 0.308 e. The molecule has 0 radical (unpaired) electrons. The molecule has 2 fully saturated rings. The number of aliphatic carboxylic acids is 1. The van der Waals surface area contributed by atoms with Crippen LogP contribution in [-0.2, 0) is 4.79 Å². The highest BCUT2D eigenvalue weighted by atomic mass is 79.9. The van der Waals surface area contributed by atoms with Crippen molar-refractivity contribution in [1.29, 1.82) is 0 Å². The van der Waals surface area contributed by atoms with Gasteiger partial charge in [-0.25, -0.2) is 0 Å².